The zero-order valence-electron chi connectivity index (χ0n) is 17.5. The predicted molar refractivity (Wildman–Crippen MR) is 126 cm³/mol. The van der Waals surface area contributed by atoms with E-state index in [1.54, 1.807) is 33.7 Å². The first kappa shape index (κ1) is 23.6. The van der Waals surface area contributed by atoms with Crippen molar-refractivity contribution in [3.63, 3.8) is 0 Å². The van der Waals surface area contributed by atoms with Crippen LogP contribution >= 0.6 is 23.2 Å². The van der Waals surface area contributed by atoms with E-state index in [-0.39, 0.29) is 22.4 Å². The number of amides is 2. The Kier molecular flexibility index (Phi) is 6.94. The summed E-state index contributed by atoms with van der Waals surface area (Å²) in [7, 11) is -4.00. The lowest BCUT2D eigenvalue weighted by Gasteiger charge is -2.27. The van der Waals surface area contributed by atoms with Crippen molar-refractivity contribution in [2.45, 2.75) is 11.4 Å². The molecule has 2 aromatic carbocycles. The molecule has 0 bridgehead atoms. The second-order valence-electron chi connectivity index (χ2n) is 7.57. The smallest absolute Gasteiger partial charge is 0.242 e. The lowest BCUT2D eigenvalue weighted by molar-refractivity contribution is -0.135. The minimum Gasteiger partial charge on any atom is -0.378 e. The molecule has 0 unspecified atom stereocenters. The van der Waals surface area contributed by atoms with Gasteiger partial charge in [0.15, 0.2) is 9.84 Å². The molecule has 0 saturated carbocycles. The van der Waals surface area contributed by atoms with E-state index in [0.717, 1.165) is 0 Å². The van der Waals surface area contributed by atoms with Gasteiger partial charge >= 0.3 is 0 Å². The van der Waals surface area contributed by atoms with Crippen LogP contribution < -0.4 is 5.32 Å². The second-order valence-corrected chi connectivity index (χ2v) is 10.3. The standard InChI is InChI=1S/C22H21Cl2N3O5S/c23-17-6-5-15(11-18(17)24)25-21(28)14-33(30,31)20-12-27(19-4-2-1-3-16(19)20)13-22(29)26-7-9-32-10-8-26/h1-6,11-12H,7-10,13-14H2,(H,25,28). The molecule has 4 rings (SSSR count). The number of carbonyl (C=O) groups excluding carboxylic acids is 2. The number of carbonyl (C=O) groups is 2. The highest BCUT2D eigenvalue weighted by Gasteiger charge is 2.26. The van der Waals surface area contributed by atoms with Crippen molar-refractivity contribution in [1.82, 2.24) is 9.47 Å². The quantitative estimate of drug-likeness (QED) is 0.550. The molecule has 1 aliphatic heterocycles. The number of hydrogen-bond donors (Lipinski definition) is 1. The third kappa shape index (κ3) is 5.33. The summed E-state index contributed by atoms with van der Waals surface area (Å²) >= 11 is 11.8. The number of morpholine rings is 1. The van der Waals surface area contributed by atoms with E-state index < -0.39 is 21.5 Å². The van der Waals surface area contributed by atoms with Gasteiger partial charge in [-0.25, -0.2) is 8.42 Å². The van der Waals surface area contributed by atoms with Crippen LogP contribution in [0.2, 0.25) is 10.0 Å². The molecule has 33 heavy (non-hydrogen) atoms. The molecule has 3 aromatic rings. The molecule has 2 heterocycles. The first-order chi connectivity index (χ1) is 15.7. The van der Waals surface area contributed by atoms with E-state index in [1.165, 1.54) is 24.4 Å². The van der Waals surface area contributed by atoms with Crippen molar-refractivity contribution in [2.75, 3.05) is 37.4 Å². The van der Waals surface area contributed by atoms with Gasteiger partial charge in [-0.15, -0.1) is 0 Å². The molecule has 8 nitrogen and oxygen atoms in total. The fraction of sp³-hybridized carbons (Fsp3) is 0.273. The van der Waals surface area contributed by atoms with Gasteiger partial charge in [0.25, 0.3) is 0 Å². The van der Waals surface area contributed by atoms with Crippen LogP contribution in [-0.2, 0) is 30.7 Å². The Morgan fingerprint density at radius 3 is 2.48 bits per heavy atom. The molecule has 2 amide bonds. The normalized spacial score (nSPS) is 14.4. The first-order valence-corrected chi connectivity index (χ1v) is 12.6. The van der Waals surface area contributed by atoms with Gasteiger partial charge in [-0.2, -0.15) is 0 Å². The zero-order chi connectivity index (χ0) is 23.6. The predicted octanol–water partition coefficient (Wildman–Crippen LogP) is 3.22. The number of nitrogens with zero attached hydrogens (tertiary/aromatic N) is 2. The number of halogens is 2. The number of benzene rings is 2. The van der Waals surface area contributed by atoms with Crippen molar-refractivity contribution < 1.29 is 22.7 Å². The fourth-order valence-electron chi connectivity index (χ4n) is 3.67. The summed E-state index contributed by atoms with van der Waals surface area (Å²) in [6.45, 7) is 1.94. The number of sulfone groups is 1. The fourth-order valence-corrected chi connectivity index (χ4v) is 5.34. The van der Waals surface area contributed by atoms with Crippen LogP contribution in [0, 0.1) is 0 Å². The number of fused-ring (bicyclic) bond motifs is 1. The minimum absolute atomic E-state index is 0.00262. The number of aromatic nitrogens is 1. The zero-order valence-corrected chi connectivity index (χ0v) is 19.8. The number of nitrogens with one attached hydrogen (secondary N) is 1. The summed E-state index contributed by atoms with van der Waals surface area (Å²) in [5.41, 5.74) is 0.936. The van der Waals surface area contributed by atoms with E-state index in [1.807, 2.05) is 0 Å². The van der Waals surface area contributed by atoms with E-state index in [0.29, 0.717) is 47.9 Å². The van der Waals surface area contributed by atoms with Crippen molar-refractivity contribution >= 4 is 61.4 Å². The van der Waals surface area contributed by atoms with Gasteiger partial charge in [-0.1, -0.05) is 41.4 Å². The molecule has 0 atom stereocenters. The van der Waals surface area contributed by atoms with Gasteiger partial charge in [0.2, 0.25) is 11.8 Å². The summed E-state index contributed by atoms with van der Waals surface area (Å²) in [5, 5.41) is 3.54. The van der Waals surface area contributed by atoms with Gasteiger partial charge in [-0.3, -0.25) is 9.59 Å². The molecule has 11 heteroatoms. The minimum atomic E-state index is -4.00. The average molecular weight is 510 g/mol. The molecule has 1 aliphatic rings. The third-order valence-corrected chi connectivity index (χ3v) is 7.66. The molecule has 1 N–H and O–H groups in total. The summed E-state index contributed by atoms with van der Waals surface area (Å²) in [4.78, 5) is 26.9. The SMILES string of the molecule is O=C(CS(=O)(=O)c1cn(CC(=O)N2CCOCC2)c2ccccc12)Nc1ccc(Cl)c(Cl)c1. The largest absolute Gasteiger partial charge is 0.378 e. The van der Waals surface area contributed by atoms with Gasteiger partial charge in [0, 0.05) is 35.9 Å². The number of para-hydroxylation sites is 1. The van der Waals surface area contributed by atoms with Crippen LogP contribution in [0.15, 0.2) is 53.6 Å². The van der Waals surface area contributed by atoms with Gasteiger partial charge in [-0.05, 0) is 24.3 Å². The maximum absolute atomic E-state index is 13.1. The maximum Gasteiger partial charge on any atom is 0.242 e. The Bertz CT molecular complexity index is 1320. The summed E-state index contributed by atoms with van der Waals surface area (Å²) in [5.74, 6) is -1.60. The third-order valence-electron chi connectivity index (χ3n) is 5.28. The Balaban J connectivity index is 1.56. The summed E-state index contributed by atoms with van der Waals surface area (Å²) in [6.07, 6.45) is 1.42. The molecule has 1 aromatic heterocycles. The van der Waals surface area contributed by atoms with E-state index >= 15 is 0 Å². The summed E-state index contributed by atoms with van der Waals surface area (Å²) < 4.78 is 33.2. The van der Waals surface area contributed by atoms with Crippen LogP contribution in [0.4, 0.5) is 5.69 Å². The molecule has 0 spiro atoms. The Labute approximate surface area is 200 Å². The molecular weight excluding hydrogens is 489 g/mol. The molecule has 0 aliphatic carbocycles. The van der Waals surface area contributed by atoms with E-state index in [2.05, 4.69) is 5.32 Å². The van der Waals surface area contributed by atoms with Crippen LogP contribution in [-0.4, -0.2) is 61.8 Å². The molecule has 1 fully saturated rings. The highest BCUT2D eigenvalue weighted by atomic mass is 35.5. The van der Waals surface area contributed by atoms with E-state index in [9.17, 15) is 18.0 Å². The Hall–Kier alpha value is -2.59. The van der Waals surface area contributed by atoms with Crippen LogP contribution in [0.1, 0.15) is 0 Å². The van der Waals surface area contributed by atoms with Gasteiger partial charge in [0.1, 0.15) is 12.3 Å². The van der Waals surface area contributed by atoms with E-state index in [4.69, 9.17) is 27.9 Å². The topological polar surface area (TPSA) is 97.7 Å². The van der Waals surface area contributed by atoms with Crippen molar-refractivity contribution in [1.29, 1.82) is 0 Å². The lowest BCUT2D eigenvalue weighted by Crippen LogP contribution is -2.42. The van der Waals surface area contributed by atoms with Crippen LogP contribution in [0.25, 0.3) is 10.9 Å². The molecular formula is C22H21Cl2N3O5S. The molecule has 0 radical (unpaired) electrons. The second kappa shape index (κ2) is 9.72. The summed E-state index contributed by atoms with van der Waals surface area (Å²) in [6, 6.07) is 11.4. The molecule has 174 valence electrons. The number of ether oxygens (including phenoxy) is 1. The van der Waals surface area contributed by atoms with Crippen LogP contribution in [0.3, 0.4) is 0 Å². The van der Waals surface area contributed by atoms with Gasteiger partial charge in [0.05, 0.1) is 28.2 Å². The molecule has 1 saturated heterocycles. The number of anilines is 1. The highest BCUT2D eigenvalue weighted by molar-refractivity contribution is 7.92. The highest BCUT2D eigenvalue weighted by Crippen LogP contribution is 2.28. The van der Waals surface area contributed by atoms with Crippen molar-refractivity contribution in [2.24, 2.45) is 0 Å². The number of hydrogen-bond acceptors (Lipinski definition) is 5. The Morgan fingerprint density at radius 1 is 1.03 bits per heavy atom. The average Bonchev–Trinajstić information content (AvgIpc) is 3.16. The van der Waals surface area contributed by atoms with Gasteiger partial charge < -0.3 is 19.5 Å². The Morgan fingerprint density at radius 2 is 1.76 bits per heavy atom. The van der Waals surface area contributed by atoms with Crippen molar-refractivity contribution in [3.05, 3.63) is 58.7 Å². The number of rotatable bonds is 6. The monoisotopic (exact) mass is 509 g/mol. The lowest BCUT2D eigenvalue weighted by atomic mass is 10.2. The van der Waals surface area contributed by atoms with Crippen molar-refractivity contribution in [3.8, 4) is 0 Å². The van der Waals surface area contributed by atoms with Crippen LogP contribution in [0.5, 0.6) is 0 Å². The first-order valence-electron chi connectivity index (χ1n) is 10.2. The maximum atomic E-state index is 13.1.